The number of benzene rings is 1. The average molecular weight is 225 g/mol. The molecule has 0 aliphatic heterocycles. The minimum atomic E-state index is -0.246. The van der Waals surface area contributed by atoms with Crippen LogP contribution in [0.1, 0.15) is 11.1 Å². The summed E-state index contributed by atoms with van der Waals surface area (Å²) in [6.07, 6.45) is -0.246. The first-order valence-corrected chi connectivity index (χ1v) is 6.34. The monoisotopic (exact) mass is 225 g/mol. The molecule has 0 radical (unpaired) electrons. The third kappa shape index (κ3) is 4.69. The van der Waals surface area contributed by atoms with Crippen molar-refractivity contribution in [3.63, 3.8) is 0 Å². The van der Waals surface area contributed by atoms with Gasteiger partial charge in [0.15, 0.2) is 0 Å². The fourth-order valence-corrected chi connectivity index (χ4v) is 2.42. The van der Waals surface area contributed by atoms with E-state index in [-0.39, 0.29) is 6.10 Å². The Balaban J connectivity index is 2.29. The molecule has 0 aliphatic rings. The number of aliphatic hydroxyl groups excluding tert-OH is 1. The molecule has 1 aromatic carbocycles. The van der Waals surface area contributed by atoms with Crippen LogP contribution in [0.25, 0.3) is 0 Å². The highest BCUT2D eigenvalue weighted by molar-refractivity contribution is 7.98. The molecule has 0 saturated carbocycles. The number of thioether (sulfide) groups is 1. The van der Waals surface area contributed by atoms with E-state index in [1.165, 1.54) is 11.1 Å². The van der Waals surface area contributed by atoms with E-state index in [9.17, 15) is 5.11 Å². The standard InChI is InChI=1S/C12H19NOS/c1-10-5-3-4-6-11(10)8-15-9-12(14)7-13-2/h3-6,12-14H,7-9H2,1-2H3. The highest BCUT2D eigenvalue weighted by Crippen LogP contribution is 2.16. The number of likely N-dealkylation sites (N-methyl/N-ethyl adjacent to an activating group) is 1. The number of hydrogen-bond acceptors (Lipinski definition) is 3. The second-order valence-electron chi connectivity index (χ2n) is 3.65. The predicted molar refractivity (Wildman–Crippen MR) is 67.3 cm³/mol. The summed E-state index contributed by atoms with van der Waals surface area (Å²) in [5.74, 6) is 1.77. The van der Waals surface area contributed by atoms with Gasteiger partial charge in [-0.1, -0.05) is 24.3 Å². The zero-order valence-corrected chi connectivity index (χ0v) is 10.2. The molecule has 0 bridgehead atoms. The van der Waals surface area contributed by atoms with Gasteiger partial charge in [-0.05, 0) is 25.1 Å². The Morgan fingerprint density at radius 2 is 2.13 bits per heavy atom. The van der Waals surface area contributed by atoms with Crippen LogP contribution in [0.2, 0.25) is 0 Å². The molecular formula is C12H19NOS. The lowest BCUT2D eigenvalue weighted by Crippen LogP contribution is -2.25. The van der Waals surface area contributed by atoms with Crippen LogP contribution in [0.3, 0.4) is 0 Å². The molecule has 1 aromatic rings. The molecule has 15 heavy (non-hydrogen) atoms. The maximum absolute atomic E-state index is 9.51. The molecule has 0 spiro atoms. The van der Waals surface area contributed by atoms with Crippen molar-refractivity contribution in [2.45, 2.75) is 18.8 Å². The molecule has 1 rings (SSSR count). The van der Waals surface area contributed by atoms with Crippen molar-refractivity contribution < 1.29 is 5.11 Å². The van der Waals surface area contributed by atoms with E-state index in [0.29, 0.717) is 6.54 Å². The summed E-state index contributed by atoms with van der Waals surface area (Å²) < 4.78 is 0. The molecular weight excluding hydrogens is 206 g/mol. The topological polar surface area (TPSA) is 32.3 Å². The lowest BCUT2D eigenvalue weighted by atomic mass is 10.1. The second kappa shape index (κ2) is 6.88. The molecule has 2 N–H and O–H groups in total. The molecule has 2 nitrogen and oxygen atoms in total. The van der Waals surface area contributed by atoms with Gasteiger partial charge in [0.1, 0.15) is 0 Å². The largest absolute Gasteiger partial charge is 0.391 e. The summed E-state index contributed by atoms with van der Waals surface area (Å²) in [5.41, 5.74) is 2.69. The predicted octanol–water partition coefficient (Wildman–Crippen LogP) is 1.81. The van der Waals surface area contributed by atoms with Crippen molar-refractivity contribution in [3.05, 3.63) is 35.4 Å². The number of aryl methyl sites for hydroxylation is 1. The van der Waals surface area contributed by atoms with Gasteiger partial charge < -0.3 is 10.4 Å². The lowest BCUT2D eigenvalue weighted by molar-refractivity contribution is 0.199. The van der Waals surface area contributed by atoms with E-state index in [0.717, 1.165) is 11.5 Å². The summed E-state index contributed by atoms with van der Waals surface area (Å²) in [5, 5.41) is 12.5. The number of nitrogens with one attached hydrogen (secondary N) is 1. The molecule has 84 valence electrons. The highest BCUT2D eigenvalue weighted by Gasteiger charge is 2.03. The number of rotatable bonds is 6. The zero-order chi connectivity index (χ0) is 11.1. The van der Waals surface area contributed by atoms with Crippen LogP contribution in [0.15, 0.2) is 24.3 Å². The summed E-state index contributed by atoms with van der Waals surface area (Å²) in [6.45, 7) is 2.79. The maximum Gasteiger partial charge on any atom is 0.0754 e. The molecule has 0 aliphatic carbocycles. The Hall–Kier alpha value is -0.510. The summed E-state index contributed by atoms with van der Waals surface area (Å²) in [7, 11) is 1.86. The molecule has 0 fully saturated rings. The highest BCUT2D eigenvalue weighted by atomic mass is 32.2. The van der Waals surface area contributed by atoms with Gasteiger partial charge in [-0.2, -0.15) is 11.8 Å². The molecule has 0 heterocycles. The summed E-state index contributed by atoms with van der Waals surface area (Å²) >= 11 is 1.78. The van der Waals surface area contributed by atoms with Crippen molar-refractivity contribution >= 4 is 11.8 Å². The van der Waals surface area contributed by atoms with Gasteiger partial charge in [0.2, 0.25) is 0 Å². The Labute approximate surface area is 96.1 Å². The van der Waals surface area contributed by atoms with Crippen LogP contribution in [-0.2, 0) is 5.75 Å². The molecule has 0 amide bonds. The minimum absolute atomic E-state index is 0.246. The van der Waals surface area contributed by atoms with E-state index in [2.05, 4.69) is 36.5 Å². The van der Waals surface area contributed by atoms with Crippen LogP contribution >= 0.6 is 11.8 Å². The van der Waals surface area contributed by atoms with Gasteiger partial charge >= 0.3 is 0 Å². The van der Waals surface area contributed by atoms with E-state index in [1.54, 1.807) is 11.8 Å². The lowest BCUT2D eigenvalue weighted by Gasteiger charge is -2.10. The Morgan fingerprint density at radius 1 is 1.40 bits per heavy atom. The van der Waals surface area contributed by atoms with E-state index < -0.39 is 0 Å². The van der Waals surface area contributed by atoms with Crippen molar-refractivity contribution in [1.82, 2.24) is 5.32 Å². The first kappa shape index (κ1) is 12.6. The van der Waals surface area contributed by atoms with E-state index in [4.69, 9.17) is 0 Å². The molecule has 0 aromatic heterocycles. The zero-order valence-electron chi connectivity index (χ0n) is 9.36. The molecule has 3 heteroatoms. The van der Waals surface area contributed by atoms with Crippen molar-refractivity contribution in [1.29, 1.82) is 0 Å². The Kier molecular flexibility index (Phi) is 5.76. The van der Waals surface area contributed by atoms with Crippen molar-refractivity contribution in [2.24, 2.45) is 0 Å². The quantitative estimate of drug-likeness (QED) is 0.774. The van der Waals surface area contributed by atoms with Crippen LogP contribution in [0, 0.1) is 6.92 Å². The summed E-state index contributed by atoms with van der Waals surface area (Å²) in [6, 6.07) is 8.39. The minimum Gasteiger partial charge on any atom is -0.391 e. The van der Waals surface area contributed by atoms with Gasteiger partial charge in [0.05, 0.1) is 6.10 Å². The van der Waals surface area contributed by atoms with Gasteiger partial charge in [0.25, 0.3) is 0 Å². The molecule has 1 atom stereocenters. The number of hydrogen-bond donors (Lipinski definition) is 2. The van der Waals surface area contributed by atoms with Gasteiger partial charge in [-0.3, -0.25) is 0 Å². The number of aliphatic hydroxyl groups is 1. The molecule has 0 saturated heterocycles. The normalized spacial score (nSPS) is 12.7. The van der Waals surface area contributed by atoms with Gasteiger partial charge in [-0.25, -0.2) is 0 Å². The van der Waals surface area contributed by atoms with Crippen LogP contribution in [0.5, 0.6) is 0 Å². The average Bonchev–Trinajstić information content (AvgIpc) is 2.21. The van der Waals surface area contributed by atoms with E-state index >= 15 is 0 Å². The Morgan fingerprint density at radius 3 is 2.80 bits per heavy atom. The van der Waals surface area contributed by atoms with Gasteiger partial charge in [-0.15, -0.1) is 0 Å². The Bertz CT molecular complexity index is 291. The smallest absolute Gasteiger partial charge is 0.0754 e. The van der Waals surface area contributed by atoms with Crippen LogP contribution in [0.4, 0.5) is 0 Å². The third-order valence-electron chi connectivity index (χ3n) is 2.27. The van der Waals surface area contributed by atoms with E-state index in [1.807, 2.05) is 7.05 Å². The fourth-order valence-electron chi connectivity index (χ4n) is 1.37. The van der Waals surface area contributed by atoms with Gasteiger partial charge in [0, 0.05) is 18.1 Å². The SMILES string of the molecule is CNCC(O)CSCc1ccccc1C. The second-order valence-corrected chi connectivity index (χ2v) is 4.68. The molecule has 1 unspecified atom stereocenters. The van der Waals surface area contributed by atoms with Crippen molar-refractivity contribution in [3.8, 4) is 0 Å². The fraction of sp³-hybridized carbons (Fsp3) is 0.500. The van der Waals surface area contributed by atoms with Crippen molar-refractivity contribution in [2.75, 3.05) is 19.3 Å². The van der Waals surface area contributed by atoms with Crippen LogP contribution < -0.4 is 5.32 Å². The first-order chi connectivity index (χ1) is 7.24. The third-order valence-corrected chi connectivity index (χ3v) is 3.40. The summed E-state index contributed by atoms with van der Waals surface area (Å²) in [4.78, 5) is 0. The first-order valence-electron chi connectivity index (χ1n) is 5.19. The maximum atomic E-state index is 9.51. The van der Waals surface area contributed by atoms with Crippen LogP contribution in [-0.4, -0.2) is 30.6 Å².